The average molecular weight is 422 g/mol. The predicted octanol–water partition coefficient (Wildman–Crippen LogP) is 4.68. The maximum absolute atomic E-state index is 6.38. The van der Waals surface area contributed by atoms with E-state index < -0.39 is 0 Å². The molecule has 7 nitrogen and oxygen atoms in total. The third-order valence-electron chi connectivity index (χ3n) is 4.67. The number of nitrogens with one attached hydrogen (secondary N) is 2. The smallest absolute Gasteiger partial charge is 0.231 e. The normalized spacial score (nSPS) is 12.5. The highest BCUT2D eigenvalue weighted by Crippen LogP contribution is 2.28. The van der Waals surface area contributed by atoms with Crippen molar-refractivity contribution in [2.75, 3.05) is 30.3 Å². The standard InChI is InChI=1S/C19H25Cl2N7/c1-5-27(6-2)13(4)11-22-16-10-12(3)23-18(24-16)26-19-25-17-14(20)8-7-9-15(17)28(19)21/h7-10,13H,5-6,11H2,1-4H3,(H2,22,23,24,25,26). The monoisotopic (exact) mass is 421 g/mol. The molecule has 1 unspecified atom stereocenters. The summed E-state index contributed by atoms with van der Waals surface area (Å²) >= 11 is 12.6. The van der Waals surface area contributed by atoms with Crippen molar-refractivity contribution in [1.82, 2.24) is 23.9 Å². The van der Waals surface area contributed by atoms with E-state index in [1.165, 1.54) is 4.09 Å². The number of rotatable bonds is 8. The van der Waals surface area contributed by atoms with Crippen LogP contribution in [0.3, 0.4) is 0 Å². The van der Waals surface area contributed by atoms with Gasteiger partial charge in [0.15, 0.2) is 0 Å². The number of halogens is 2. The van der Waals surface area contributed by atoms with Gasteiger partial charge in [-0.1, -0.05) is 31.5 Å². The third-order valence-corrected chi connectivity index (χ3v) is 5.32. The van der Waals surface area contributed by atoms with Crippen molar-refractivity contribution < 1.29 is 0 Å². The SMILES string of the molecule is CCN(CC)C(C)CNc1cc(C)nc(Nc2nc3c(Cl)cccc3n2Cl)n1. The van der Waals surface area contributed by atoms with Gasteiger partial charge in [0.25, 0.3) is 0 Å². The number of imidazole rings is 1. The van der Waals surface area contributed by atoms with E-state index in [4.69, 9.17) is 23.4 Å². The molecule has 0 radical (unpaired) electrons. The number of likely N-dealkylation sites (N-methyl/N-ethyl adjacent to an activating group) is 1. The average Bonchev–Trinajstić information content (AvgIpc) is 2.98. The number of anilines is 3. The molecule has 150 valence electrons. The van der Waals surface area contributed by atoms with Crippen molar-refractivity contribution in [3.63, 3.8) is 0 Å². The summed E-state index contributed by atoms with van der Waals surface area (Å²) in [4.78, 5) is 15.8. The van der Waals surface area contributed by atoms with E-state index in [0.29, 0.717) is 28.5 Å². The minimum Gasteiger partial charge on any atom is -0.368 e. The Morgan fingerprint density at radius 1 is 1.18 bits per heavy atom. The molecule has 2 heterocycles. The lowest BCUT2D eigenvalue weighted by Crippen LogP contribution is -2.37. The molecule has 1 aromatic carbocycles. The van der Waals surface area contributed by atoms with Gasteiger partial charge in [-0.15, -0.1) is 0 Å². The molecule has 0 saturated carbocycles. The molecule has 28 heavy (non-hydrogen) atoms. The predicted molar refractivity (Wildman–Crippen MR) is 117 cm³/mol. The van der Waals surface area contributed by atoms with Crippen LogP contribution in [0.5, 0.6) is 0 Å². The van der Waals surface area contributed by atoms with Crippen molar-refractivity contribution in [3.8, 4) is 0 Å². The lowest BCUT2D eigenvalue weighted by molar-refractivity contribution is 0.240. The van der Waals surface area contributed by atoms with Crippen molar-refractivity contribution in [1.29, 1.82) is 0 Å². The zero-order valence-corrected chi connectivity index (χ0v) is 18.0. The summed E-state index contributed by atoms with van der Waals surface area (Å²) in [6.45, 7) is 11.3. The highest BCUT2D eigenvalue weighted by molar-refractivity contribution is 6.35. The molecule has 3 rings (SSSR count). The van der Waals surface area contributed by atoms with Crippen LogP contribution in [0, 0.1) is 6.92 Å². The summed E-state index contributed by atoms with van der Waals surface area (Å²) in [6.07, 6.45) is 0. The molecule has 3 aromatic rings. The molecule has 0 fully saturated rings. The topological polar surface area (TPSA) is 70.9 Å². The molecule has 0 aliphatic carbocycles. The van der Waals surface area contributed by atoms with Crippen molar-refractivity contribution in [3.05, 3.63) is 35.0 Å². The van der Waals surface area contributed by atoms with Crippen LogP contribution < -0.4 is 10.6 Å². The molecular formula is C19H25Cl2N7. The number of aromatic nitrogens is 4. The summed E-state index contributed by atoms with van der Waals surface area (Å²) < 4.78 is 1.42. The Bertz CT molecular complexity index is 953. The maximum Gasteiger partial charge on any atom is 0.231 e. The largest absolute Gasteiger partial charge is 0.368 e. The van der Waals surface area contributed by atoms with Gasteiger partial charge in [0.05, 0.1) is 10.5 Å². The van der Waals surface area contributed by atoms with Gasteiger partial charge in [0, 0.05) is 36.1 Å². The van der Waals surface area contributed by atoms with Crippen LogP contribution >= 0.6 is 23.4 Å². The maximum atomic E-state index is 6.38. The van der Waals surface area contributed by atoms with Crippen LogP contribution in [-0.2, 0) is 0 Å². The fourth-order valence-electron chi connectivity index (χ4n) is 3.16. The number of para-hydroxylation sites is 1. The lowest BCUT2D eigenvalue weighted by atomic mass is 10.2. The van der Waals surface area contributed by atoms with Crippen molar-refractivity contribution in [2.24, 2.45) is 0 Å². The molecule has 9 heteroatoms. The summed E-state index contributed by atoms with van der Waals surface area (Å²) in [5.74, 6) is 1.59. The Labute approximate surface area is 175 Å². The molecule has 0 spiro atoms. The Kier molecular flexibility index (Phi) is 6.59. The second kappa shape index (κ2) is 8.94. The van der Waals surface area contributed by atoms with Crippen molar-refractivity contribution in [2.45, 2.75) is 33.7 Å². The van der Waals surface area contributed by atoms with E-state index in [0.717, 1.165) is 36.7 Å². The molecule has 0 aliphatic rings. The number of hydrogen-bond donors (Lipinski definition) is 2. The van der Waals surface area contributed by atoms with Gasteiger partial charge in [-0.3, -0.25) is 10.2 Å². The van der Waals surface area contributed by atoms with E-state index in [9.17, 15) is 0 Å². The Morgan fingerprint density at radius 3 is 2.61 bits per heavy atom. The first-order chi connectivity index (χ1) is 13.4. The molecule has 0 amide bonds. The second-order valence-electron chi connectivity index (χ2n) is 6.62. The highest BCUT2D eigenvalue weighted by atomic mass is 35.5. The summed E-state index contributed by atoms with van der Waals surface area (Å²) in [5.41, 5.74) is 2.18. The van der Waals surface area contributed by atoms with Crippen LogP contribution in [0.4, 0.5) is 17.7 Å². The second-order valence-corrected chi connectivity index (χ2v) is 7.36. The number of benzene rings is 1. The number of hydrogen-bond acceptors (Lipinski definition) is 6. The van der Waals surface area contributed by atoms with Gasteiger partial charge in [-0.2, -0.15) is 4.98 Å². The van der Waals surface area contributed by atoms with E-state index in [1.54, 1.807) is 6.07 Å². The van der Waals surface area contributed by atoms with Crippen LogP contribution in [0.2, 0.25) is 5.02 Å². The van der Waals surface area contributed by atoms with Crippen molar-refractivity contribution >= 4 is 52.1 Å². The minimum absolute atomic E-state index is 0.399. The Hall–Kier alpha value is -2.09. The van der Waals surface area contributed by atoms with Gasteiger partial charge in [-0.25, -0.2) is 14.1 Å². The molecule has 0 saturated heterocycles. The minimum atomic E-state index is 0.399. The molecular weight excluding hydrogens is 397 g/mol. The first-order valence-corrected chi connectivity index (χ1v) is 10.1. The van der Waals surface area contributed by atoms with E-state index in [-0.39, 0.29) is 0 Å². The number of fused-ring (bicyclic) bond motifs is 1. The van der Waals surface area contributed by atoms with E-state index in [2.05, 4.69) is 51.3 Å². The lowest BCUT2D eigenvalue weighted by Gasteiger charge is -2.26. The fourth-order valence-corrected chi connectivity index (χ4v) is 3.59. The van der Waals surface area contributed by atoms with E-state index in [1.807, 2.05) is 25.1 Å². The van der Waals surface area contributed by atoms with Crippen LogP contribution in [-0.4, -0.2) is 49.6 Å². The Balaban J connectivity index is 1.79. The quantitative estimate of drug-likeness (QED) is 0.550. The zero-order valence-electron chi connectivity index (χ0n) is 16.5. The number of nitrogens with zero attached hydrogens (tertiary/aromatic N) is 5. The summed E-state index contributed by atoms with van der Waals surface area (Å²) in [6, 6.07) is 7.78. The van der Waals surface area contributed by atoms with Crippen LogP contribution in [0.25, 0.3) is 11.0 Å². The Morgan fingerprint density at radius 2 is 1.93 bits per heavy atom. The van der Waals surface area contributed by atoms with Gasteiger partial charge >= 0.3 is 0 Å². The van der Waals surface area contributed by atoms with Gasteiger partial charge in [0.2, 0.25) is 11.9 Å². The first kappa shape index (κ1) is 20.6. The third kappa shape index (κ3) is 4.48. The molecule has 2 N–H and O–H groups in total. The van der Waals surface area contributed by atoms with Crippen LogP contribution in [0.1, 0.15) is 26.5 Å². The first-order valence-electron chi connectivity index (χ1n) is 9.36. The molecule has 1 atom stereocenters. The van der Waals surface area contributed by atoms with E-state index >= 15 is 0 Å². The zero-order chi connectivity index (χ0) is 20.3. The number of aryl methyl sites for hydroxylation is 1. The fraction of sp³-hybridized carbons (Fsp3) is 0.421. The summed E-state index contributed by atoms with van der Waals surface area (Å²) in [5, 5.41) is 7.03. The highest BCUT2D eigenvalue weighted by Gasteiger charge is 2.14. The van der Waals surface area contributed by atoms with Gasteiger partial charge in [-0.05, 0) is 39.1 Å². The molecule has 2 aromatic heterocycles. The molecule has 0 aliphatic heterocycles. The summed E-state index contributed by atoms with van der Waals surface area (Å²) in [7, 11) is 0. The van der Waals surface area contributed by atoms with Gasteiger partial charge < -0.3 is 5.32 Å². The molecule has 0 bridgehead atoms. The van der Waals surface area contributed by atoms with Gasteiger partial charge in [0.1, 0.15) is 11.3 Å². The van der Waals surface area contributed by atoms with Crippen LogP contribution in [0.15, 0.2) is 24.3 Å².